The molecule has 0 saturated carbocycles. The van der Waals surface area contributed by atoms with E-state index in [-0.39, 0.29) is 23.6 Å². The third-order valence-corrected chi connectivity index (χ3v) is 6.04. The van der Waals surface area contributed by atoms with Gasteiger partial charge in [-0.25, -0.2) is 9.78 Å². The summed E-state index contributed by atoms with van der Waals surface area (Å²) in [4.78, 5) is 41.9. The van der Waals surface area contributed by atoms with Crippen molar-refractivity contribution in [3.63, 3.8) is 0 Å². The van der Waals surface area contributed by atoms with E-state index in [0.29, 0.717) is 24.9 Å². The molecule has 3 heterocycles. The number of carbonyl (C=O) groups excluding carboxylic acids is 2. The Morgan fingerprint density at radius 2 is 2.07 bits per heavy atom. The number of hydrogen-bond donors (Lipinski definition) is 4. The topological polar surface area (TPSA) is 141 Å². The van der Waals surface area contributed by atoms with Crippen LogP contribution in [0.5, 0.6) is 0 Å². The summed E-state index contributed by atoms with van der Waals surface area (Å²) < 4.78 is 5.31. The molecular formula is C18H26N4O6S. The fraction of sp³-hybridized carbons (Fsp3) is 0.667. The normalized spacial score (nSPS) is 21.4. The van der Waals surface area contributed by atoms with E-state index in [4.69, 9.17) is 14.9 Å². The molecule has 2 aliphatic rings. The molecule has 0 radical (unpaired) electrons. The van der Waals surface area contributed by atoms with Crippen molar-refractivity contribution in [3.05, 3.63) is 11.1 Å². The van der Waals surface area contributed by atoms with Gasteiger partial charge in [0.25, 0.3) is 5.91 Å². The Hall–Kier alpha value is -2.24. The lowest BCUT2D eigenvalue weighted by atomic mass is 9.98. The predicted octanol–water partition coefficient (Wildman–Crippen LogP) is -0.170. The lowest BCUT2D eigenvalue weighted by Crippen LogP contribution is -2.49. The van der Waals surface area contributed by atoms with Gasteiger partial charge in [-0.15, -0.1) is 11.3 Å². The van der Waals surface area contributed by atoms with Crippen LogP contribution < -0.4 is 15.5 Å². The lowest BCUT2D eigenvalue weighted by Gasteiger charge is -2.34. The lowest BCUT2D eigenvalue weighted by molar-refractivity contribution is -0.140. The number of nitrogens with one attached hydrogen (secondary N) is 2. The number of rotatable bonds is 7. The fourth-order valence-electron chi connectivity index (χ4n) is 3.48. The highest BCUT2D eigenvalue weighted by Crippen LogP contribution is 2.25. The molecule has 0 aliphatic carbocycles. The van der Waals surface area contributed by atoms with Gasteiger partial charge in [0.1, 0.15) is 5.69 Å². The van der Waals surface area contributed by atoms with Gasteiger partial charge in [0, 0.05) is 43.6 Å². The minimum Gasteiger partial charge on any atom is -0.480 e. The van der Waals surface area contributed by atoms with Crippen LogP contribution in [0.15, 0.2) is 5.38 Å². The van der Waals surface area contributed by atoms with E-state index in [2.05, 4.69) is 15.6 Å². The van der Waals surface area contributed by atoms with Crippen molar-refractivity contribution in [1.29, 1.82) is 0 Å². The second kappa shape index (κ2) is 9.99. The van der Waals surface area contributed by atoms with Gasteiger partial charge in [-0.3, -0.25) is 9.59 Å². The quantitative estimate of drug-likeness (QED) is 0.471. The number of carboxylic acids is 1. The molecule has 10 nitrogen and oxygen atoms in total. The number of carboxylic acid groups (broad SMARTS) is 1. The van der Waals surface area contributed by atoms with Crippen LogP contribution in [0.1, 0.15) is 36.2 Å². The second-order valence-electron chi connectivity index (χ2n) is 7.24. The van der Waals surface area contributed by atoms with Gasteiger partial charge in [-0.2, -0.15) is 0 Å². The fourth-order valence-corrected chi connectivity index (χ4v) is 4.32. The minimum absolute atomic E-state index is 0.00277. The summed E-state index contributed by atoms with van der Waals surface area (Å²) in [5.41, 5.74) is 0.109. The molecule has 2 saturated heterocycles. The van der Waals surface area contributed by atoms with Gasteiger partial charge in [0.15, 0.2) is 11.2 Å². The number of aliphatic hydroxyl groups excluding tert-OH is 1. The first kappa shape index (κ1) is 21.5. The molecule has 2 fully saturated rings. The number of aromatic nitrogens is 1. The average molecular weight is 426 g/mol. The summed E-state index contributed by atoms with van der Waals surface area (Å²) in [6.45, 7) is 1.93. The van der Waals surface area contributed by atoms with Gasteiger partial charge in [0.2, 0.25) is 5.91 Å². The maximum absolute atomic E-state index is 12.5. The number of carbonyl (C=O) groups is 3. The van der Waals surface area contributed by atoms with Crippen LogP contribution >= 0.6 is 11.3 Å². The molecule has 0 unspecified atom stereocenters. The number of hydrogen-bond acceptors (Lipinski definition) is 8. The highest BCUT2D eigenvalue weighted by Gasteiger charge is 2.28. The first-order valence-corrected chi connectivity index (χ1v) is 10.6. The number of nitrogens with zero attached hydrogens (tertiary/aromatic N) is 2. The Balaban J connectivity index is 1.56. The number of anilines is 1. The van der Waals surface area contributed by atoms with E-state index < -0.39 is 24.5 Å². The summed E-state index contributed by atoms with van der Waals surface area (Å²) in [7, 11) is 0. The Kier molecular flexibility index (Phi) is 7.40. The Labute approximate surface area is 172 Å². The van der Waals surface area contributed by atoms with E-state index in [9.17, 15) is 14.4 Å². The van der Waals surface area contributed by atoms with Crippen LogP contribution in [0.4, 0.5) is 5.13 Å². The minimum atomic E-state index is -1.37. The molecule has 11 heteroatoms. The van der Waals surface area contributed by atoms with Gasteiger partial charge in [-0.05, 0) is 25.7 Å². The molecule has 4 N–H and O–H groups in total. The molecule has 160 valence electrons. The molecule has 1 aromatic rings. The summed E-state index contributed by atoms with van der Waals surface area (Å²) in [5, 5.41) is 25.5. The van der Waals surface area contributed by atoms with Crippen LogP contribution in [-0.2, 0) is 14.3 Å². The smallest absolute Gasteiger partial charge is 0.328 e. The Bertz CT molecular complexity index is 736. The molecule has 1 aromatic heterocycles. The summed E-state index contributed by atoms with van der Waals surface area (Å²) in [6.07, 6.45) is 3.28. The van der Waals surface area contributed by atoms with Crippen LogP contribution in [0.25, 0.3) is 0 Å². The van der Waals surface area contributed by atoms with Crippen molar-refractivity contribution in [2.24, 2.45) is 5.92 Å². The standard InChI is InChI=1S/C18H26N4O6S/c23-9-13(17(26)27)20-16(25)14-10-29-18(21-14)22-5-1-2-12(8-22)19-15(24)11-3-6-28-7-4-11/h10-13,23H,1-9H2,(H,19,24)(H,20,25)(H,26,27)/t12-,13-/m0/s1. The van der Waals surface area contributed by atoms with E-state index >= 15 is 0 Å². The van der Waals surface area contributed by atoms with Crippen LogP contribution in [-0.4, -0.2) is 78.0 Å². The maximum atomic E-state index is 12.5. The molecule has 0 aromatic carbocycles. The van der Waals surface area contributed by atoms with Gasteiger partial charge in [-0.1, -0.05) is 0 Å². The molecule has 29 heavy (non-hydrogen) atoms. The van der Waals surface area contributed by atoms with Crippen molar-refractivity contribution in [1.82, 2.24) is 15.6 Å². The first-order valence-electron chi connectivity index (χ1n) is 9.71. The number of piperidine rings is 1. The van der Waals surface area contributed by atoms with E-state index in [1.807, 2.05) is 4.90 Å². The molecule has 0 bridgehead atoms. The largest absolute Gasteiger partial charge is 0.480 e. The van der Waals surface area contributed by atoms with Crippen LogP contribution in [0.3, 0.4) is 0 Å². The number of aliphatic carboxylic acids is 1. The molecule has 2 atom stereocenters. The number of aliphatic hydroxyl groups is 1. The van der Waals surface area contributed by atoms with E-state index in [1.165, 1.54) is 11.3 Å². The van der Waals surface area contributed by atoms with Crippen molar-refractivity contribution >= 4 is 34.3 Å². The van der Waals surface area contributed by atoms with E-state index in [1.54, 1.807) is 5.38 Å². The monoisotopic (exact) mass is 426 g/mol. The molecule has 2 aliphatic heterocycles. The molecule has 2 amide bonds. The van der Waals surface area contributed by atoms with Crippen molar-refractivity contribution in [3.8, 4) is 0 Å². The zero-order chi connectivity index (χ0) is 20.8. The van der Waals surface area contributed by atoms with Crippen LogP contribution in [0, 0.1) is 5.92 Å². The number of ether oxygens (including phenoxy) is 1. The zero-order valence-corrected chi connectivity index (χ0v) is 16.8. The predicted molar refractivity (Wildman–Crippen MR) is 105 cm³/mol. The second-order valence-corrected chi connectivity index (χ2v) is 8.08. The summed E-state index contributed by atoms with van der Waals surface area (Å²) in [6, 6.07) is -1.35. The van der Waals surface area contributed by atoms with Crippen molar-refractivity contribution < 1.29 is 29.3 Å². The Morgan fingerprint density at radius 3 is 2.76 bits per heavy atom. The van der Waals surface area contributed by atoms with E-state index in [0.717, 1.165) is 32.2 Å². The van der Waals surface area contributed by atoms with Gasteiger partial charge < -0.3 is 30.5 Å². The molecule has 3 rings (SSSR count). The number of amides is 2. The summed E-state index contributed by atoms with van der Waals surface area (Å²) in [5.74, 6) is -1.88. The van der Waals surface area contributed by atoms with Crippen molar-refractivity contribution in [2.75, 3.05) is 37.8 Å². The highest BCUT2D eigenvalue weighted by molar-refractivity contribution is 7.13. The van der Waals surface area contributed by atoms with Crippen LogP contribution in [0.2, 0.25) is 0 Å². The highest BCUT2D eigenvalue weighted by atomic mass is 32.1. The Morgan fingerprint density at radius 1 is 1.31 bits per heavy atom. The average Bonchev–Trinajstić information content (AvgIpc) is 3.23. The van der Waals surface area contributed by atoms with Gasteiger partial charge in [0.05, 0.1) is 6.61 Å². The molecule has 0 spiro atoms. The van der Waals surface area contributed by atoms with Gasteiger partial charge >= 0.3 is 5.97 Å². The third-order valence-electron chi connectivity index (χ3n) is 5.14. The summed E-state index contributed by atoms with van der Waals surface area (Å²) >= 11 is 1.29. The van der Waals surface area contributed by atoms with Crippen molar-refractivity contribution in [2.45, 2.75) is 37.8 Å². The SMILES string of the molecule is O=C(N[C@@H](CO)C(=O)O)c1csc(N2CCC[C@H](NC(=O)C3CCOCC3)C2)n1. The third kappa shape index (κ3) is 5.64. The molecular weight excluding hydrogens is 400 g/mol. The number of thiazole rings is 1. The first-order chi connectivity index (χ1) is 14.0. The zero-order valence-electron chi connectivity index (χ0n) is 16.0. The maximum Gasteiger partial charge on any atom is 0.328 e.